The summed E-state index contributed by atoms with van der Waals surface area (Å²) in [6.07, 6.45) is 0. The minimum absolute atomic E-state index is 0.135. The second kappa shape index (κ2) is 6.43. The molecule has 0 aliphatic carbocycles. The molecule has 20 heavy (non-hydrogen) atoms. The molecule has 0 aliphatic heterocycles. The third-order valence-electron chi connectivity index (χ3n) is 2.68. The Kier molecular flexibility index (Phi) is 4.63. The summed E-state index contributed by atoms with van der Waals surface area (Å²) < 4.78 is 13.2. The minimum Gasteiger partial charge on any atom is -0.286 e. The SMILES string of the molecule is Cc1cc(F)ccc1C(=O)/C(Br)=N\Nc1ccccc1. The molecule has 1 N–H and O–H groups in total. The number of nitrogens with zero attached hydrogens (tertiary/aromatic N) is 1. The number of carbonyl (C=O) groups excluding carboxylic acids is 1. The van der Waals surface area contributed by atoms with E-state index in [4.69, 9.17) is 0 Å². The standard InChI is InChI=1S/C15H12BrFN2O/c1-10-9-11(17)7-8-13(10)14(20)15(16)19-18-12-5-3-2-4-6-12/h2-9,18H,1H3/b19-15+. The summed E-state index contributed by atoms with van der Waals surface area (Å²) in [5, 5.41) is 3.97. The van der Waals surface area contributed by atoms with Crippen LogP contribution >= 0.6 is 15.9 Å². The van der Waals surface area contributed by atoms with Crippen LogP contribution in [0.25, 0.3) is 0 Å². The van der Waals surface area contributed by atoms with E-state index in [1.54, 1.807) is 6.92 Å². The molecule has 102 valence electrons. The summed E-state index contributed by atoms with van der Waals surface area (Å²) in [4.78, 5) is 12.2. The molecule has 3 nitrogen and oxygen atoms in total. The number of para-hydroxylation sites is 1. The molecule has 0 aliphatic rings. The Bertz CT molecular complexity index is 656. The van der Waals surface area contributed by atoms with Crippen LogP contribution in [0.1, 0.15) is 15.9 Å². The lowest BCUT2D eigenvalue weighted by Gasteiger charge is -2.04. The first-order valence-electron chi connectivity index (χ1n) is 5.93. The van der Waals surface area contributed by atoms with Crippen LogP contribution in [0.5, 0.6) is 0 Å². The van der Waals surface area contributed by atoms with Crippen LogP contribution in [0, 0.1) is 12.7 Å². The molecule has 2 aromatic carbocycles. The molecule has 0 radical (unpaired) electrons. The number of nitrogens with one attached hydrogen (secondary N) is 1. The van der Waals surface area contributed by atoms with E-state index < -0.39 is 0 Å². The van der Waals surface area contributed by atoms with Gasteiger partial charge >= 0.3 is 0 Å². The van der Waals surface area contributed by atoms with E-state index >= 15 is 0 Å². The molecule has 2 rings (SSSR count). The van der Waals surface area contributed by atoms with E-state index in [2.05, 4.69) is 26.5 Å². The molecule has 0 aromatic heterocycles. The van der Waals surface area contributed by atoms with Gasteiger partial charge in [0.15, 0.2) is 4.62 Å². The zero-order valence-corrected chi connectivity index (χ0v) is 12.3. The molecule has 5 heteroatoms. The average molecular weight is 335 g/mol. The van der Waals surface area contributed by atoms with Crippen molar-refractivity contribution in [3.63, 3.8) is 0 Å². The average Bonchev–Trinajstić information content (AvgIpc) is 2.45. The van der Waals surface area contributed by atoms with Crippen molar-refractivity contribution < 1.29 is 9.18 Å². The number of rotatable bonds is 4. The Balaban J connectivity index is 2.16. The highest BCUT2D eigenvalue weighted by Gasteiger charge is 2.14. The summed E-state index contributed by atoms with van der Waals surface area (Å²) in [5.41, 5.74) is 4.53. The number of hydrogen-bond acceptors (Lipinski definition) is 3. The zero-order valence-electron chi connectivity index (χ0n) is 10.7. The first-order chi connectivity index (χ1) is 9.58. The molecule has 0 saturated carbocycles. The lowest BCUT2D eigenvalue weighted by Crippen LogP contribution is -2.11. The van der Waals surface area contributed by atoms with Crippen LogP contribution in [0.4, 0.5) is 10.1 Å². The molecule has 0 fully saturated rings. The maximum absolute atomic E-state index is 13.0. The number of benzene rings is 2. The Morgan fingerprint density at radius 2 is 1.90 bits per heavy atom. The van der Waals surface area contributed by atoms with Crippen molar-refractivity contribution >= 4 is 32.0 Å². The van der Waals surface area contributed by atoms with Gasteiger partial charge in [-0.25, -0.2) is 4.39 Å². The summed E-state index contributed by atoms with van der Waals surface area (Å²) in [5.74, 6) is -0.666. The maximum atomic E-state index is 13.0. The Hall–Kier alpha value is -2.01. The predicted molar refractivity (Wildman–Crippen MR) is 81.9 cm³/mol. The van der Waals surface area contributed by atoms with Crippen LogP contribution in [-0.2, 0) is 0 Å². The number of hydrazone groups is 1. The largest absolute Gasteiger partial charge is 0.286 e. The first-order valence-corrected chi connectivity index (χ1v) is 6.72. The van der Waals surface area contributed by atoms with Crippen molar-refractivity contribution in [1.82, 2.24) is 0 Å². The normalized spacial score (nSPS) is 11.2. The number of carbonyl (C=O) groups is 1. The van der Waals surface area contributed by atoms with Crippen LogP contribution < -0.4 is 5.43 Å². The monoisotopic (exact) mass is 334 g/mol. The fourth-order valence-electron chi connectivity index (χ4n) is 1.67. The maximum Gasteiger partial charge on any atom is 0.220 e. The number of Topliss-reactive ketones (excluding diaryl/α,β-unsaturated/α-hetero) is 1. The first kappa shape index (κ1) is 14.4. The van der Waals surface area contributed by atoms with Crippen LogP contribution in [0.3, 0.4) is 0 Å². The molecule has 0 heterocycles. The molecule has 2 aromatic rings. The van der Waals surface area contributed by atoms with Crippen molar-refractivity contribution in [1.29, 1.82) is 0 Å². The minimum atomic E-state index is -0.366. The van der Waals surface area contributed by atoms with Gasteiger partial charge in [0.2, 0.25) is 5.78 Å². The van der Waals surface area contributed by atoms with E-state index in [1.807, 2.05) is 30.3 Å². The van der Waals surface area contributed by atoms with E-state index in [0.717, 1.165) is 5.69 Å². The van der Waals surface area contributed by atoms with Gasteiger partial charge in [0.25, 0.3) is 0 Å². The highest BCUT2D eigenvalue weighted by molar-refractivity contribution is 9.19. The molecular formula is C15H12BrFN2O. The molecule has 0 atom stereocenters. The van der Waals surface area contributed by atoms with Crippen molar-refractivity contribution in [2.75, 3.05) is 5.43 Å². The van der Waals surface area contributed by atoms with Gasteiger partial charge in [0, 0.05) is 5.56 Å². The van der Waals surface area contributed by atoms with E-state index in [1.165, 1.54) is 18.2 Å². The number of anilines is 1. The van der Waals surface area contributed by atoms with Gasteiger partial charge < -0.3 is 0 Å². The number of ketones is 1. The van der Waals surface area contributed by atoms with Crippen molar-refractivity contribution in [3.05, 3.63) is 65.5 Å². The fraction of sp³-hybridized carbons (Fsp3) is 0.0667. The van der Waals surface area contributed by atoms with Gasteiger partial charge in [0.05, 0.1) is 5.69 Å². The molecule has 0 saturated heterocycles. The molecular weight excluding hydrogens is 323 g/mol. The summed E-state index contributed by atoms with van der Waals surface area (Å²) in [6.45, 7) is 1.68. The van der Waals surface area contributed by atoms with Gasteiger partial charge in [-0.1, -0.05) is 18.2 Å². The molecule has 0 spiro atoms. The third-order valence-corrected chi connectivity index (χ3v) is 3.21. The Morgan fingerprint density at radius 3 is 2.55 bits per heavy atom. The summed E-state index contributed by atoms with van der Waals surface area (Å²) >= 11 is 3.13. The second-order valence-electron chi connectivity index (χ2n) is 4.17. The van der Waals surface area contributed by atoms with E-state index in [-0.39, 0.29) is 16.2 Å². The molecule has 0 bridgehead atoms. The van der Waals surface area contributed by atoms with Crippen molar-refractivity contribution in [2.45, 2.75) is 6.92 Å². The van der Waals surface area contributed by atoms with Gasteiger partial charge in [-0.15, -0.1) is 0 Å². The number of hydrogen-bond donors (Lipinski definition) is 1. The quantitative estimate of drug-likeness (QED) is 0.518. The van der Waals surface area contributed by atoms with Gasteiger partial charge in [-0.05, 0) is 58.7 Å². The zero-order chi connectivity index (χ0) is 14.5. The Morgan fingerprint density at radius 1 is 1.20 bits per heavy atom. The Labute approximate surface area is 124 Å². The van der Waals surface area contributed by atoms with E-state index in [9.17, 15) is 9.18 Å². The van der Waals surface area contributed by atoms with E-state index in [0.29, 0.717) is 11.1 Å². The summed E-state index contributed by atoms with van der Waals surface area (Å²) in [6, 6.07) is 13.3. The smallest absolute Gasteiger partial charge is 0.220 e. The number of aryl methyl sites for hydroxylation is 1. The van der Waals surface area contributed by atoms with Crippen LogP contribution in [-0.4, -0.2) is 10.4 Å². The van der Waals surface area contributed by atoms with Crippen LogP contribution in [0.2, 0.25) is 0 Å². The lowest BCUT2D eigenvalue weighted by molar-refractivity contribution is 0.106. The van der Waals surface area contributed by atoms with Gasteiger partial charge in [0.1, 0.15) is 5.82 Å². The fourth-order valence-corrected chi connectivity index (χ4v) is 1.97. The highest BCUT2D eigenvalue weighted by Crippen LogP contribution is 2.14. The highest BCUT2D eigenvalue weighted by atomic mass is 79.9. The third kappa shape index (κ3) is 3.51. The number of halogens is 2. The van der Waals surface area contributed by atoms with Gasteiger partial charge in [-0.3, -0.25) is 10.2 Å². The molecule has 0 amide bonds. The van der Waals surface area contributed by atoms with Crippen molar-refractivity contribution in [3.8, 4) is 0 Å². The molecule has 0 unspecified atom stereocenters. The van der Waals surface area contributed by atoms with Gasteiger partial charge in [-0.2, -0.15) is 5.10 Å². The summed E-state index contributed by atoms with van der Waals surface area (Å²) in [7, 11) is 0. The van der Waals surface area contributed by atoms with Crippen molar-refractivity contribution in [2.24, 2.45) is 5.10 Å². The lowest BCUT2D eigenvalue weighted by atomic mass is 10.1. The van der Waals surface area contributed by atoms with Crippen LogP contribution in [0.15, 0.2) is 53.6 Å². The predicted octanol–water partition coefficient (Wildman–Crippen LogP) is 4.14. The topological polar surface area (TPSA) is 41.5 Å². The second-order valence-corrected chi connectivity index (χ2v) is 4.92.